The number of hydrogen-bond acceptors (Lipinski definition) is 6. The average Bonchev–Trinajstić information content (AvgIpc) is 2.88. The van der Waals surface area contributed by atoms with Crippen molar-refractivity contribution in [3.63, 3.8) is 0 Å². The van der Waals surface area contributed by atoms with Gasteiger partial charge in [0.25, 0.3) is 5.91 Å². The van der Waals surface area contributed by atoms with Crippen LogP contribution in [0.1, 0.15) is 12.5 Å². The van der Waals surface area contributed by atoms with E-state index in [0.29, 0.717) is 43.4 Å². The van der Waals surface area contributed by atoms with Crippen LogP contribution in [0.15, 0.2) is 60.7 Å². The predicted octanol–water partition coefficient (Wildman–Crippen LogP) is 4.29. The second-order valence-corrected chi connectivity index (χ2v) is 8.08. The number of nitrogens with zero attached hydrogens (tertiary/aromatic N) is 4. The quantitative estimate of drug-likeness (QED) is 0.518. The molecule has 0 aliphatic carbocycles. The first kappa shape index (κ1) is 24.3. The number of piperazine rings is 1. The molecule has 1 atom stereocenters. The van der Waals surface area contributed by atoms with Crippen LogP contribution < -0.4 is 14.4 Å². The number of alkyl halides is 3. The number of hydrogen-bond donors (Lipinski definition) is 0. The Morgan fingerprint density at radius 1 is 0.971 bits per heavy atom. The van der Waals surface area contributed by atoms with Crippen molar-refractivity contribution < 1.29 is 27.4 Å². The number of para-hydroxylation sites is 1. The topological polar surface area (TPSA) is 67.8 Å². The third-order valence-corrected chi connectivity index (χ3v) is 5.77. The van der Waals surface area contributed by atoms with Gasteiger partial charge in [-0.15, -0.1) is 10.2 Å². The van der Waals surface area contributed by atoms with Crippen LogP contribution in [0.25, 0.3) is 11.3 Å². The van der Waals surface area contributed by atoms with Crippen molar-refractivity contribution in [2.24, 2.45) is 0 Å². The zero-order valence-electron chi connectivity index (χ0n) is 19.3. The molecule has 1 amide bonds. The number of rotatable bonds is 6. The number of aromatic nitrogens is 2. The van der Waals surface area contributed by atoms with Crippen molar-refractivity contribution in [2.75, 3.05) is 38.2 Å². The van der Waals surface area contributed by atoms with Gasteiger partial charge < -0.3 is 19.3 Å². The molecule has 1 aliphatic rings. The van der Waals surface area contributed by atoms with E-state index in [-0.39, 0.29) is 11.7 Å². The Bertz CT molecular complexity index is 1160. The SMILES string of the molecule is COc1ccccc1-c1ccc(N2CCN(C(=O)C(C)Oc3cccc(C(F)(F)F)c3)CC2)nn1. The Kier molecular flexibility index (Phi) is 7.09. The highest BCUT2D eigenvalue weighted by Gasteiger charge is 2.31. The highest BCUT2D eigenvalue weighted by molar-refractivity contribution is 5.81. The maximum Gasteiger partial charge on any atom is 0.416 e. The summed E-state index contributed by atoms with van der Waals surface area (Å²) in [4.78, 5) is 16.5. The van der Waals surface area contributed by atoms with Crippen molar-refractivity contribution in [3.8, 4) is 22.8 Å². The van der Waals surface area contributed by atoms with Crippen LogP contribution in [0.2, 0.25) is 0 Å². The molecule has 0 bridgehead atoms. The van der Waals surface area contributed by atoms with Crippen LogP contribution in [0.4, 0.5) is 19.0 Å². The monoisotopic (exact) mass is 486 g/mol. The summed E-state index contributed by atoms with van der Waals surface area (Å²) in [6.07, 6.45) is -5.39. The third-order valence-electron chi connectivity index (χ3n) is 5.77. The minimum absolute atomic E-state index is 0.00437. The molecule has 2 heterocycles. The smallest absolute Gasteiger partial charge is 0.416 e. The molecule has 35 heavy (non-hydrogen) atoms. The first-order valence-corrected chi connectivity index (χ1v) is 11.1. The minimum Gasteiger partial charge on any atom is -0.496 e. The van der Waals surface area contributed by atoms with E-state index in [1.165, 1.54) is 19.1 Å². The molecule has 4 rings (SSSR count). The Morgan fingerprint density at radius 2 is 1.71 bits per heavy atom. The van der Waals surface area contributed by atoms with E-state index in [2.05, 4.69) is 10.2 Å². The first-order valence-electron chi connectivity index (χ1n) is 11.1. The molecule has 1 saturated heterocycles. The lowest BCUT2D eigenvalue weighted by molar-refractivity contribution is -0.138. The standard InChI is InChI=1S/C25H25F3N4O3/c1-17(35-19-7-5-6-18(16-19)25(26,27)28)24(33)32-14-12-31(13-15-32)23-11-10-21(29-30-23)20-8-3-4-9-22(20)34-2/h3-11,16-17H,12-15H2,1-2H3. The molecule has 1 aliphatic heterocycles. The average molecular weight is 486 g/mol. The van der Waals surface area contributed by atoms with Gasteiger partial charge in [0.1, 0.15) is 11.5 Å². The number of benzene rings is 2. The van der Waals surface area contributed by atoms with Crippen LogP contribution in [0.5, 0.6) is 11.5 Å². The second kappa shape index (κ2) is 10.2. The van der Waals surface area contributed by atoms with Gasteiger partial charge in [-0.3, -0.25) is 4.79 Å². The lowest BCUT2D eigenvalue weighted by atomic mass is 10.1. The van der Waals surface area contributed by atoms with Crippen molar-refractivity contribution >= 4 is 11.7 Å². The summed E-state index contributed by atoms with van der Waals surface area (Å²) < 4.78 is 49.7. The fourth-order valence-corrected chi connectivity index (χ4v) is 3.91. The Balaban J connectivity index is 1.34. The minimum atomic E-state index is -4.47. The van der Waals surface area contributed by atoms with Crippen molar-refractivity contribution in [1.29, 1.82) is 0 Å². The molecule has 1 fully saturated rings. The summed E-state index contributed by atoms with van der Waals surface area (Å²) in [7, 11) is 1.60. The molecule has 1 unspecified atom stereocenters. The van der Waals surface area contributed by atoms with Crippen molar-refractivity contribution in [2.45, 2.75) is 19.2 Å². The Hall–Kier alpha value is -3.82. The summed E-state index contributed by atoms with van der Waals surface area (Å²) in [6, 6.07) is 15.8. The summed E-state index contributed by atoms with van der Waals surface area (Å²) >= 11 is 0. The van der Waals surface area contributed by atoms with Gasteiger partial charge in [0.2, 0.25) is 0 Å². The zero-order valence-corrected chi connectivity index (χ0v) is 19.3. The van der Waals surface area contributed by atoms with E-state index >= 15 is 0 Å². The van der Waals surface area contributed by atoms with Gasteiger partial charge in [-0.2, -0.15) is 13.2 Å². The molecule has 0 saturated carbocycles. The van der Waals surface area contributed by atoms with Crippen LogP contribution in [-0.4, -0.2) is 60.4 Å². The highest BCUT2D eigenvalue weighted by atomic mass is 19.4. The number of carbonyl (C=O) groups excluding carboxylic acids is 1. The van der Waals surface area contributed by atoms with Crippen molar-refractivity contribution in [3.05, 3.63) is 66.2 Å². The van der Waals surface area contributed by atoms with E-state index in [4.69, 9.17) is 9.47 Å². The summed E-state index contributed by atoms with van der Waals surface area (Å²) in [5.74, 6) is 1.14. The van der Waals surface area contributed by atoms with E-state index in [9.17, 15) is 18.0 Å². The van der Waals surface area contributed by atoms with Gasteiger partial charge in [-0.05, 0) is 49.4 Å². The first-order chi connectivity index (χ1) is 16.8. The van der Waals surface area contributed by atoms with Crippen LogP contribution in [-0.2, 0) is 11.0 Å². The van der Waals surface area contributed by atoms with E-state index in [0.717, 1.165) is 17.7 Å². The maximum atomic E-state index is 12.9. The summed E-state index contributed by atoms with van der Waals surface area (Å²) in [5, 5.41) is 8.68. The second-order valence-electron chi connectivity index (χ2n) is 8.08. The lowest BCUT2D eigenvalue weighted by Gasteiger charge is -2.36. The fourth-order valence-electron chi connectivity index (χ4n) is 3.91. The van der Waals surface area contributed by atoms with Gasteiger partial charge in [0.05, 0.1) is 18.4 Å². The predicted molar refractivity (Wildman–Crippen MR) is 124 cm³/mol. The third kappa shape index (κ3) is 5.64. The Labute approximate surface area is 201 Å². The van der Waals surface area contributed by atoms with Crippen molar-refractivity contribution in [1.82, 2.24) is 15.1 Å². The molecular formula is C25H25F3N4O3. The largest absolute Gasteiger partial charge is 0.496 e. The molecule has 0 radical (unpaired) electrons. The maximum absolute atomic E-state index is 12.9. The number of anilines is 1. The van der Waals surface area contributed by atoms with E-state index < -0.39 is 17.8 Å². The van der Waals surface area contributed by atoms with E-state index in [1.54, 1.807) is 12.0 Å². The van der Waals surface area contributed by atoms with Gasteiger partial charge in [-0.1, -0.05) is 18.2 Å². The highest BCUT2D eigenvalue weighted by Crippen LogP contribution is 2.32. The lowest BCUT2D eigenvalue weighted by Crippen LogP contribution is -2.52. The molecule has 0 spiro atoms. The number of ether oxygens (including phenoxy) is 2. The summed E-state index contributed by atoms with van der Waals surface area (Å²) in [6.45, 7) is 3.50. The van der Waals surface area contributed by atoms with Gasteiger partial charge in [0.15, 0.2) is 11.9 Å². The van der Waals surface area contributed by atoms with Crippen LogP contribution in [0, 0.1) is 0 Å². The molecule has 0 N–H and O–H groups in total. The van der Waals surface area contributed by atoms with Gasteiger partial charge in [0, 0.05) is 31.7 Å². The number of carbonyl (C=O) groups is 1. The molecule has 184 valence electrons. The molecule has 7 nitrogen and oxygen atoms in total. The zero-order chi connectivity index (χ0) is 25.0. The number of methoxy groups -OCH3 is 1. The molecule has 1 aromatic heterocycles. The normalized spacial score (nSPS) is 15.0. The molecule has 3 aromatic rings. The van der Waals surface area contributed by atoms with Crippen LogP contribution in [0.3, 0.4) is 0 Å². The summed E-state index contributed by atoms with van der Waals surface area (Å²) in [5.41, 5.74) is 0.723. The van der Waals surface area contributed by atoms with E-state index in [1.807, 2.05) is 41.3 Å². The van der Waals surface area contributed by atoms with Crippen LogP contribution >= 0.6 is 0 Å². The van der Waals surface area contributed by atoms with Gasteiger partial charge >= 0.3 is 6.18 Å². The fraction of sp³-hybridized carbons (Fsp3) is 0.320. The number of halogens is 3. The molecule has 10 heteroatoms. The van der Waals surface area contributed by atoms with Gasteiger partial charge in [-0.25, -0.2) is 0 Å². The molecule has 2 aromatic carbocycles. The number of amides is 1. The Morgan fingerprint density at radius 3 is 2.37 bits per heavy atom. The molecular weight excluding hydrogens is 461 g/mol.